The Hall–Kier alpha value is -1.47. The molecular weight excluding hydrogens is 488 g/mol. The largest absolute Gasteiger partial charge is 0.385 e. The minimum absolute atomic E-state index is 0.0759. The Bertz CT molecular complexity index is 955. The summed E-state index contributed by atoms with van der Waals surface area (Å²) < 4.78 is 0. The predicted molar refractivity (Wildman–Crippen MR) is 165 cm³/mol. The molecule has 0 saturated heterocycles. The number of hydrogen-bond acceptors (Lipinski definition) is 6. The van der Waals surface area contributed by atoms with Gasteiger partial charge in [0, 0.05) is 40.8 Å². The fourth-order valence-electron chi connectivity index (χ4n) is 6.60. The van der Waals surface area contributed by atoms with Crippen molar-refractivity contribution in [2.45, 2.75) is 128 Å². The molecule has 0 saturated carbocycles. The van der Waals surface area contributed by atoms with Crippen molar-refractivity contribution >= 4 is 18.3 Å². The average molecular weight is 543 g/mol. The van der Waals surface area contributed by atoms with E-state index in [4.69, 9.17) is 5.84 Å². The summed E-state index contributed by atoms with van der Waals surface area (Å²) in [5.41, 5.74) is 8.55. The van der Waals surface area contributed by atoms with Gasteiger partial charge < -0.3 is 15.3 Å². The molecule has 0 fully saturated rings. The number of aliphatic hydroxyl groups excluding tert-OH is 1. The molecule has 0 amide bonds. The number of hydrazine groups is 1. The van der Waals surface area contributed by atoms with Gasteiger partial charge in [0.25, 0.3) is 0 Å². The highest BCUT2D eigenvalue weighted by molar-refractivity contribution is 7.80. The Kier molecular flexibility index (Phi) is 11.6. The molecule has 1 aromatic carbocycles. The minimum Gasteiger partial charge on any atom is -0.385 e. The highest BCUT2D eigenvalue weighted by Gasteiger charge is 2.44. The third-order valence-electron chi connectivity index (χ3n) is 8.83. The first-order chi connectivity index (χ1) is 18.1. The second kappa shape index (κ2) is 14.2. The Balaban J connectivity index is 1.54. The molecule has 6 heteroatoms. The molecule has 1 aliphatic carbocycles. The lowest BCUT2D eigenvalue weighted by atomic mass is 9.74. The average Bonchev–Trinajstić information content (AvgIpc) is 3.10. The second-order valence-corrected chi connectivity index (χ2v) is 13.1. The molecule has 3 rings (SSSR count). The molecule has 0 spiro atoms. The summed E-state index contributed by atoms with van der Waals surface area (Å²) in [6.07, 6.45) is 16.5. The Morgan fingerprint density at radius 2 is 1.97 bits per heavy atom. The minimum atomic E-state index is -0.605. The molecule has 0 aromatic heterocycles. The number of benzene rings is 1. The van der Waals surface area contributed by atoms with Gasteiger partial charge >= 0.3 is 0 Å². The van der Waals surface area contributed by atoms with Crippen molar-refractivity contribution in [3.63, 3.8) is 0 Å². The van der Waals surface area contributed by atoms with E-state index in [1.165, 1.54) is 55.5 Å². The molecule has 5 nitrogen and oxygen atoms in total. The topological polar surface area (TPSA) is 73.5 Å². The van der Waals surface area contributed by atoms with Crippen LogP contribution in [0.5, 0.6) is 0 Å². The van der Waals surface area contributed by atoms with E-state index >= 15 is 0 Å². The van der Waals surface area contributed by atoms with Crippen LogP contribution in [-0.4, -0.2) is 35.4 Å². The standard InChI is InChI=1S/C32H54N4OS/c1-6-22-36-28-15-10-9-14-25(28)32(4,5)29(36)16-11-12-20-31(2,3)26-23-24(38)18-19-27(26)34-21-13-7-8-17-30(37)35-33/h10,15,18-19,23,29-30,34-35,37-38H,6-9,11-14,16-17,20-22,33H2,1-5H3. The van der Waals surface area contributed by atoms with Crippen LogP contribution in [0.3, 0.4) is 0 Å². The lowest BCUT2D eigenvalue weighted by molar-refractivity contribution is 0.125. The third kappa shape index (κ3) is 7.80. The van der Waals surface area contributed by atoms with Gasteiger partial charge in [-0.05, 0) is 92.2 Å². The highest BCUT2D eigenvalue weighted by atomic mass is 32.1. The Morgan fingerprint density at radius 1 is 1.18 bits per heavy atom. The van der Waals surface area contributed by atoms with Gasteiger partial charge in [-0.15, -0.1) is 12.6 Å². The van der Waals surface area contributed by atoms with E-state index in [9.17, 15) is 5.11 Å². The predicted octanol–water partition coefficient (Wildman–Crippen LogP) is 7.29. The van der Waals surface area contributed by atoms with Crippen LogP contribution in [0.2, 0.25) is 0 Å². The van der Waals surface area contributed by atoms with E-state index in [0.29, 0.717) is 12.5 Å². The van der Waals surface area contributed by atoms with E-state index in [2.05, 4.69) is 93.2 Å². The van der Waals surface area contributed by atoms with E-state index in [-0.39, 0.29) is 10.8 Å². The number of nitrogens with one attached hydrogen (secondary N) is 2. The molecule has 38 heavy (non-hydrogen) atoms. The van der Waals surface area contributed by atoms with Crippen molar-refractivity contribution in [1.29, 1.82) is 0 Å². The molecule has 1 aliphatic heterocycles. The Labute approximate surface area is 238 Å². The molecule has 1 aromatic rings. The zero-order chi connectivity index (χ0) is 27.8. The number of rotatable bonds is 16. The van der Waals surface area contributed by atoms with Crippen molar-refractivity contribution in [3.05, 3.63) is 47.2 Å². The van der Waals surface area contributed by atoms with Crippen LogP contribution < -0.4 is 16.6 Å². The first-order valence-corrected chi connectivity index (χ1v) is 15.4. The lowest BCUT2D eigenvalue weighted by Gasteiger charge is -2.37. The molecular formula is C32H54N4OS. The first-order valence-electron chi connectivity index (χ1n) is 15.0. The van der Waals surface area contributed by atoms with Crippen molar-refractivity contribution in [3.8, 4) is 0 Å². The van der Waals surface area contributed by atoms with Crippen molar-refractivity contribution < 1.29 is 5.11 Å². The van der Waals surface area contributed by atoms with Crippen molar-refractivity contribution in [2.24, 2.45) is 11.3 Å². The molecule has 2 aliphatic rings. The summed E-state index contributed by atoms with van der Waals surface area (Å²) in [4.78, 5) is 3.75. The fourth-order valence-corrected chi connectivity index (χ4v) is 6.80. The van der Waals surface area contributed by atoms with Crippen LogP contribution in [-0.2, 0) is 5.41 Å². The van der Waals surface area contributed by atoms with Crippen LogP contribution >= 0.6 is 12.6 Å². The van der Waals surface area contributed by atoms with Gasteiger partial charge in [-0.2, -0.15) is 0 Å². The van der Waals surface area contributed by atoms with Crippen LogP contribution in [0, 0.1) is 5.41 Å². The SMILES string of the molecule is CCCN1C2=C(CCC=C2)C(C)(C)C1CCCCC(C)(C)c1cc(S)ccc1NCCCCCC(O)NN. The number of unbranched alkanes of at least 4 members (excludes halogenated alkanes) is 3. The van der Waals surface area contributed by atoms with E-state index < -0.39 is 6.23 Å². The van der Waals surface area contributed by atoms with Gasteiger partial charge in [-0.25, -0.2) is 5.43 Å². The number of nitrogens with two attached hydrogens (primary N) is 1. The number of anilines is 1. The van der Waals surface area contributed by atoms with Crippen molar-refractivity contribution in [2.75, 3.05) is 18.4 Å². The molecule has 2 unspecified atom stereocenters. The lowest BCUT2D eigenvalue weighted by Crippen LogP contribution is -2.39. The van der Waals surface area contributed by atoms with Gasteiger partial charge in [0.15, 0.2) is 0 Å². The van der Waals surface area contributed by atoms with Gasteiger partial charge in [0.05, 0.1) is 0 Å². The van der Waals surface area contributed by atoms with Crippen LogP contribution in [0.25, 0.3) is 0 Å². The highest BCUT2D eigenvalue weighted by Crippen LogP contribution is 2.49. The molecule has 214 valence electrons. The van der Waals surface area contributed by atoms with E-state index in [1.807, 2.05) is 0 Å². The molecule has 0 radical (unpaired) electrons. The smallest absolute Gasteiger partial charge is 0.116 e. The van der Waals surface area contributed by atoms with Gasteiger partial charge in [-0.1, -0.05) is 60.0 Å². The summed E-state index contributed by atoms with van der Waals surface area (Å²) in [6, 6.07) is 7.14. The summed E-state index contributed by atoms with van der Waals surface area (Å²) in [5.74, 6) is 5.26. The van der Waals surface area contributed by atoms with E-state index in [0.717, 1.165) is 43.7 Å². The quantitative estimate of drug-likeness (QED) is 0.0499. The first kappa shape index (κ1) is 31.1. The number of hydrogen-bond donors (Lipinski definition) is 5. The summed E-state index contributed by atoms with van der Waals surface area (Å²) in [7, 11) is 0. The molecule has 1 heterocycles. The molecule has 0 bridgehead atoms. The number of aliphatic hydroxyl groups is 1. The van der Waals surface area contributed by atoms with Crippen LogP contribution in [0.1, 0.15) is 111 Å². The zero-order valence-corrected chi connectivity index (χ0v) is 25.5. The van der Waals surface area contributed by atoms with Crippen LogP contribution in [0.15, 0.2) is 46.5 Å². The maximum absolute atomic E-state index is 9.54. The summed E-state index contributed by atoms with van der Waals surface area (Å²) in [5, 5.41) is 13.2. The maximum atomic E-state index is 9.54. The van der Waals surface area contributed by atoms with Gasteiger partial charge in [0.2, 0.25) is 0 Å². The van der Waals surface area contributed by atoms with Crippen LogP contribution in [0.4, 0.5) is 5.69 Å². The number of thiol groups is 1. The number of nitrogens with zero attached hydrogens (tertiary/aromatic N) is 1. The fraction of sp³-hybridized carbons (Fsp3) is 0.688. The van der Waals surface area contributed by atoms with E-state index in [1.54, 1.807) is 5.57 Å². The van der Waals surface area contributed by atoms with Gasteiger partial charge in [-0.3, -0.25) is 5.84 Å². The molecule has 5 N–H and O–H groups in total. The Morgan fingerprint density at radius 3 is 2.71 bits per heavy atom. The summed E-state index contributed by atoms with van der Waals surface area (Å²) in [6.45, 7) is 14.1. The third-order valence-corrected chi connectivity index (χ3v) is 9.11. The summed E-state index contributed by atoms with van der Waals surface area (Å²) >= 11 is 4.67. The number of allylic oxidation sites excluding steroid dienone is 2. The zero-order valence-electron chi connectivity index (χ0n) is 24.7. The monoisotopic (exact) mass is 542 g/mol. The maximum Gasteiger partial charge on any atom is 0.116 e. The van der Waals surface area contributed by atoms with Gasteiger partial charge in [0.1, 0.15) is 6.23 Å². The normalized spacial score (nSPS) is 19.7. The van der Waals surface area contributed by atoms with Crippen molar-refractivity contribution in [1.82, 2.24) is 10.3 Å². The second-order valence-electron chi connectivity index (χ2n) is 12.6. The molecule has 2 atom stereocenters.